The van der Waals surface area contributed by atoms with E-state index in [1.165, 1.54) is 12.1 Å². The summed E-state index contributed by atoms with van der Waals surface area (Å²) in [6.07, 6.45) is 0. The van der Waals surface area contributed by atoms with E-state index >= 15 is 0 Å². The number of halogens is 1. The summed E-state index contributed by atoms with van der Waals surface area (Å²) in [5.74, 6) is 0. The van der Waals surface area contributed by atoms with Gasteiger partial charge in [0.2, 0.25) is 10.0 Å². The molecule has 0 saturated heterocycles. The van der Waals surface area contributed by atoms with Crippen LogP contribution in [-0.2, 0) is 10.0 Å². The van der Waals surface area contributed by atoms with Crippen LogP contribution in [0, 0.1) is 17.0 Å². The fourth-order valence-corrected chi connectivity index (χ4v) is 2.58. The molecule has 0 unspecified atom stereocenters. The van der Waals surface area contributed by atoms with Crippen molar-refractivity contribution >= 4 is 31.6 Å². The first-order valence-electron chi connectivity index (χ1n) is 4.82. The summed E-state index contributed by atoms with van der Waals surface area (Å²) in [6.45, 7) is 5.06. The fourth-order valence-electron chi connectivity index (χ4n) is 1.21. The second-order valence-corrected chi connectivity index (χ2v) is 6.44. The maximum absolute atomic E-state index is 11.8. The Morgan fingerprint density at radius 3 is 2.67 bits per heavy atom. The minimum atomic E-state index is -3.77. The molecular formula is C10H11BrN2O4S. The third kappa shape index (κ3) is 3.62. The van der Waals surface area contributed by atoms with Gasteiger partial charge in [0.15, 0.2) is 0 Å². The van der Waals surface area contributed by atoms with Crippen LogP contribution >= 0.6 is 15.9 Å². The van der Waals surface area contributed by atoms with Crippen LogP contribution in [0.5, 0.6) is 0 Å². The van der Waals surface area contributed by atoms with Crippen molar-refractivity contribution in [2.75, 3.05) is 6.54 Å². The lowest BCUT2D eigenvalue weighted by Gasteiger charge is -2.06. The smallest absolute Gasteiger partial charge is 0.258 e. The van der Waals surface area contributed by atoms with Gasteiger partial charge in [-0.3, -0.25) is 10.1 Å². The lowest BCUT2D eigenvalue weighted by Crippen LogP contribution is -2.24. The van der Waals surface area contributed by atoms with Crippen LogP contribution < -0.4 is 4.72 Å². The quantitative estimate of drug-likeness (QED) is 0.659. The number of nitrogens with one attached hydrogen (secondary N) is 1. The summed E-state index contributed by atoms with van der Waals surface area (Å²) >= 11 is 3.02. The maximum Gasteiger partial charge on any atom is 0.273 e. The van der Waals surface area contributed by atoms with E-state index in [1.807, 2.05) is 0 Å². The zero-order valence-corrected chi connectivity index (χ0v) is 11.9. The monoisotopic (exact) mass is 334 g/mol. The topological polar surface area (TPSA) is 89.3 Å². The molecule has 8 heteroatoms. The lowest BCUT2D eigenvalue weighted by molar-refractivity contribution is -0.385. The van der Waals surface area contributed by atoms with E-state index in [0.29, 0.717) is 10.0 Å². The molecule has 6 nitrogen and oxygen atoms in total. The van der Waals surface area contributed by atoms with Crippen molar-refractivity contribution < 1.29 is 13.3 Å². The minimum absolute atomic E-state index is 0.0179. The van der Waals surface area contributed by atoms with E-state index in [4.69, 9.17) is 0 Å². The SMILES string of the molecule is C=C(Br)CNS(=O)(=O)c1ccc(C)c([N+](=O)[O-])c1. The second kappa shape index (κ2) is 5.59. The predicted octanol–water partition coefficient (Wildman–Crippen LogP) is 2.09. The fraction of sp³-hybridized carbons (Fsp3) is 0.200. The van der Waals surface area contributed by atoms with Crippen LogP contribution in [0.4, 0.5) is 5.69 Å². The van der Waals surface area contributed by atoms with E-state index < -0.39 is 14.9 Å². The molecule has 1 aromatic rings. The zero-order valence-electron chi connectivity index (χ0n) is 9.51. The van der Waals surface area contributed by atoms with E-state index in [-0.39, 0.29) is 17.1 Å². The Hall–Kier alpha value is -1.25. The van der Waals surface area contributed by atoms with E-state index in [1.54, 1.807) is 6.92 Å². The highest BCUT2D eigenvalue weighted by Crippen LogP contribution is 2.22. The summed E-state index contributed by atoms with van der Waals surface area (Å²) in [7, 11) is -3.77. The van der Waals surface area contributed by atoms with Crippen LogP contribution in [0.15, 0.2) is 34.2 Å². The third-order valence-corrected chi connectivity index (χ3v) is 3.82. The predicted molar refractivity (Wildman–Crippen MR) is 71.1 cm³/mol. The highest BCUT2D eigenvalue weighted by Gasteiger charge is 2.19. The third-order valence-electron chi connectivity index (χ3n) is 2.14. The second-order valence-electron chi connectivity index (χ2n) is 3.55. The molecular weight excluding hydrogens is 324 g/mol. The first-order valence-corrected chi connectivity index (χ1v) is 7.09. The molecule has 0 saturated carbocycles. The van der Waals surface area contributed by atoms with Gasteiger partial charge < -0.3 is 0 Å². The van der Waals surface area contributed by atoms with Gasteiger partial charge in [0, 0.05) is 22.7 Å². The Morgan fingerprint density at radius 2 is 2.17 bits per heavy atom. The number of aryl methyl sites for hydroxylation is 1. The molecule has 98 valence electrons. The van der Waals surface area contributed by atoms with Crippen LogP contribution in [0.25, 0.3) is 0 Å². The number of nitro groups is 1. The Balaban J connectivity index is 3.14. The molecule has 0 atom stereocenters. The van der Waals surface area contributed by atoms with Crippen molar-refractivity contribution in [2.45, 2.75) is 11.8 Å². The van der Waals surface area contributed by atoms with Crippen molar-refractivity contribution in [3.8, 4) is 0 Å². The van der Waals surface area contributed by atoms with Gasteiger partial charge in [-0.25, -0.2) is 13.1 Å². The highest BCUT2D eigenvalue weighted by atomic mass is 79.9. The van der Waals surface area contributed by atoms with Crippen LogP contribution in [0.2, 0.25) is 0 Å². The van der Waals surface area contributed by atoms with E-state index in [9.17, 15) is 18.5 Å². The van der Waals surface area contributed by atoms with Crippen LogP contribution in [-0.4, -0.2) is 19.9 Å². The minimum Gasteiger partial charge on any atom is -0.258 e. The summed E-state index contributed by atoms with van der Waals surface area (Å²) in [5, 5.41) is 10.7. The first-order chi connectivity index (χ1) is 8.24. The molecule has 0 amide bonds. The maximum atomic E-state index is 11.8. The number of sulfonamides is 1. The standard InChI is InChI=1S/C10H11BrN2O4S/c1-7-3-4-9(5-10(7)13(14)15)18(16,17)12-6-8(2)11/h3-5,12H,2,6H2,1H3. The van der Waals surface area contributed by atoms with Crippen molar-refractivity contribution in [3.05, 3.63) is 44.9 Å². The number of nitro benzene ring substituents is 1. The van der Waals surface area contributed by atoms with E-state index in [2.05, 4.69) is 27.2 Å². The van der Waals surface area contributed by atoms with Gasteiger partial charge in [-0.1, -0.05) is 28.6 Å². The number of hydrogen-bond acceptors (Lipinski definition) is 4. The zero-order chi connectivity index (χ0) is 13.9. The van der Waals surface area contributed by atoms with Gasteiger partial charge in [0.25, 0.3) is 5.69 Å². The number of rotatable bonds is 5. The van der Waals surface area contributed by atoms with Gasteiger partial charge in [-0.2, -0.15) is 0 Å². The Labute approximate surface area is 113 Å². The average Bonchev–Trinajstić information content (AvgIpc) is 2.26. The molecule has 0 aliphatic carbocycles. The van der Waals surface area contributed by atoms with Gasteiger partial charge in [-0.05, 0) is 13.0 Å². The molecule has 0 radical (unpaired) electrons. The van der Waals surface area contributed by atoms with Crippen LogP contribution in [0.1, 0.15) is 5.56 Å². The molecule has 0 fully saturated rings. The van der Waals surface area contributed by atoms with Gasteiger partial charge in [-0.15, -0.1) is 0 Å². The Bertz CT molecular complexity index is 598. The van der Waals surface area contributed by atoms with Crippen molar-refractivity contribution in [3.63, 3.8) is 0 Å². The number of nitrogens with zero attached hydrogens (tertiary/aromatic N) is 1. The van der Waals surface area contributed by atoms with Gasteiger partial charge in [0.05, 0.1) is 9.82 Å². The molecule has 1 aromatic carbocycles. The highest BCUT2D eigenvalue weighted by molar-refractivity contribution is 9.11. The molecule has 1 N–H and O–H groups in total. The number of benzene rings is 1. The van der Waals surface area contributed by atoms with Gasteiger partial charge in [0.1, 0.15) is 0 Å². The van der Waals surface area contributed by atoms with Crippen LogP contribution in [0.3, 0.4) is 0 Å². The number of hydrogen-bond donors (Lipinski definition) is 1. The first kappa shape index (κ1) is 14.8. The molecule has 0 bridgehead atoms. The van der Waals surface area contributed by atoms with E-state index in [0.717, 1.165) is 6.07 Å². The summed E-state index contributed by atoms with van der Waals surface area (Å²) in [4.78, 5) is 9.98. The lowest BCUT2D eigenvalue weighted by atomic mass is 10.2. The normalized spacial score (nSPS) is 11.2. The largest absolute Gasteiger partial charge is 0.273 e. The molecule has 0 heterocycles. The average molecular weight is 335 g/mol. The molecule has 0 spiro atoms. The van der Waals surface area contributed by atoms with Crippen molar-refractivity contribution in [1.82, 2.24) is 4.72 Å². The summed E-state index contributed by atoms with van der Waals surface area (Å²) in [5.41, 5.74) is 0.180. The molecule has 1 rings (SSSR count). The molecule has 0 aromatic heterocycles. The summed E-state index contributed by atoms with van der Waals surface area (Å²) < 4.78 is 26.4. The van der Waals surface area contributed by atoms with Crippen molar-refractivity contribution in [1.29, 1.82) is 0 Å². The molecule has 18 heavy (non-hydrogen) atoms. The van der Waals surface area contributed by atoms with Gasteiger partial charge >= 0.3 is 0 Å². The molecule has 0 aliphatic heterocycles. The van der Waals surface area contributed by atoms with Crippen molar-refractivity contribution in [2.24, 2.45) is 0 Å². The summed E-state index contributed by atoms with van der Waals surface area (Å²) in [6, 6.07) is 3.76. The Morgan fingerprint density at radius 1 is 1.56 bits per heavy atom. The molecule has 0 aliphatic rings. The Kier molecular flexibility index (Phi) is 4.60.